The molecule has 2 rings (SSSR count). The topological polar surface area (TPSA) is 74.8 Å². The molecule has 8 heteroatoms. The lowest BCUT2D eigenvalue weighted by atomic mass is 10.2. The van der Waals surface area contributed by atoms with E-state index < -0.39 is 10.0 Å². The van der Waals surface area contributed by atoms with E-state index in [-0.39, 0.29) is 4.21 Å². The molecule has 0 amide bonds. The van der Waals surface area contributed by atoms with Crippen LogP contribution in [-0.4, -0.2) is 18.6 Å². The lowest BCUT2D eigenvalue weighted by Gasteiger charge is -2.01. The van der Waals surface area contributed by atoms with Gasteiger partial charge in [0.25, 0.3) is 10.0 Å². The van der Waals surface area contributed by atoms with E-state index in [2.05, 4.69) is 30.8 Å². The number of halogens is 1. The Balaban J connectivity index is 2.17. The van der Waals surface area contributed by atoms with Gasteiger partial charge < -0.3 is 0 Å². The molecule has 0 aliphatic heterocycles. The molecule has 5 nitrogen and oxygen atoms in total. The standard InChI is InChI=1S/C10H12BrN3O2S2/c1-2-3-7-6-9(13-12-7)14-18(15,16)10-5-4-8(11)17-10/h4-6H,2-3H2,1H3,(H2,12,13,14). The van der Waals surface area contributed by atoms with E-state index in [0.29, 0.717) is 5.82 Å². The lowest BCUT2D eigenvalue weighted by Crippen LogP contribution is -2.11. The van der Waals surface area contributed by atoms with Gasteiger partial charge in [0, 0.05) is 11.8 Å². The fourth-order valence-corrected chi connectivity index (χ4v) is 4.44. The number of hydrogen-bond acceptors (Lipinski definition) is 4. The Kier molecular flexibility index (Phi) is 4.08. The number of sulfonamides is 1. The number of anilines is 1. The first-order chi connectivity index (χ1) is 8.51. The molecule has 18 heavy (non-hydrogen) atoms. The summed E-state index contributed by atoms with van der Waals surface area (Å²) in [5, 5.41) is 6.73. The molecule has 0 radical (unpaired) electrons. The number of aromatic amines is 1. The third kappa shape index (κ3) is 3.12. The lowest BCUT2D eigenvalue weighted by molar-refractivity contribution is 0.603. The molecule has 0 aromatic carbocycles. The maximum Gasteiger partial charge on any atom is 0.272 e. The molecule has 2 aromatic rings. The smallest absolute Gasteiger partial charge is 0.272 e. The molecule has 0 bridgehead atoms. The summed E-state index contributed by atoms with van der Waals surface area (Å²) in [4.78, 5) is 0. The first kappa shape index (κ1) is 13.6. The van der Waals surface area contributed by atoms with E-state index >= 15 is 0 Å². The summed E-state index contributed by atoms with van der Waals surface area (Å²) in [7, 11) is -3.54. The van der Waals surface area contributed by atoms with Crippen molar-refractivity contribution in [2.75, 3.05) is 4.72 Å². The van der Waals surface area contributed by atoms with Gasteiger partial charge in [0.15, 0.2) is 5.82 Å². The highest BCUT2D eigenvalue weighted by Crippen LogP contribution is 2.27. The van der Waals surface area contributed by atoms with Gasteiger partial charge >= 0.3 is 0 Å². The van der Waals surface area contributed by atoms with Crippen LogP contribution in [0.2, 0.25) is 0 Å². The number of nitrogens with zero attached hydrogens (tertiary/aromatic N) is 1. The average molecular weight is 350 g/mol. The number of nitrogens with one attached hydrogen (secondary N) is 2. The first-order valence-electron chi connectivity index (χ1n) is 5.33. The second-order valence-corrected chi connectivity index (χ2v) is 8.06. The van der Waals surface area contributed by atoms with Crippen molar-refractivity contribution >= 4 is 43.1 Å². The predicted molar refractivity (Wildman–Crippen MR) is 75.4 cm³/mol. The Bertz CT molecular complexity index is 633. The van der Waals surface area contributed by atoms with Crippen LogP contribution in [0, 0.1) is 0 Å². The van der Waals surface area contributed by atoms with E-state index in [1.54, 1.807) is 18.2 Å². The third-order valence-corrected chi connectivity index (χ3v) is 5.67. The van der Waals surface area contributed by atoms with Crippen molar-refractivity contribution in [3.05, 3.63) is 27.7 Å². The highest BCUT2D eigenvalue weighted by Gasteiger charge is 2.17. The summed E-state index contributed by atoms with van der Waals surface area (Å²) in [5.41, 5.74) is 0.919. The summed E-state index contributed by atoms with van der Waals surface area (Å²) in [6.07, 6.45) is 1.82. The maximum absolute atomic E-state index is 12.0. The molecule has 98 valence electrons. The van der Waals surface area contributed by atoms with Crippen LogP contribution in [0.3, 0.4) is 0 Å². The number of hydrogen-bond donors (Lipinski definition) is 2. The minimum Gasteiger partial charge on any atom is -0.280 e. The van der Waals surface area contributed by atoms with Crippen molar-refractivity contribution in [1.82, 2.24) is 10.2 Å². The zero-order valence-electron chi connectivity index (χ0n) is 9.60. The molecule has 2 aromatic heterocycles. The molecule has 2 N–H and O–H groups in total. The Morgan fingerprint density at radius 2 is 2.28 bits per heavy atom. The van der Waals surface area contributed by atoms with Crippen molar-refractivity contribution in [1.29, 1.82) is 0 Å². The van der Waals surface area contributed by atoms with Gasteiger partial charge in [-0.15, -0.1) is 11.3 Å². The van der Waals surface area contributed by atoms with Crippen LogP contribution in [-0.2, 0) is 16.4 Å². The second kappa shape index (κ2) is 5.41. The Morgan fingerprint density at radius 3 is 2.89 bits per heavy atom. The molecular formula is C10H12BrN3O2S2. The highest BCUT2D eigenvalue weighted by molar-refractivity contribution is 9.11. The van der Waals surface area contributed by atoms with Gasteiger partial charge in [-0.25, -0.2) is 8.42 Å². The van der Waals surface area contributed by atoms with Crippen LogP contribution < -0.4 is 4.72 Å². The van der Waals surface area contributed by atoms with Crippen molar-refractivity contribution in [3.8, 4) is 0 Å². The van der Waals surface area contributed by atoms with E-state index in [9.17, 15) is 8.42 Å². The Hall–Kier alpha value is -0.860. The minimum atomic E-state index is -3.54. The monoisotopic (exact) mass is 349 g/mol. The Morgan fingerprint density at radius 1 is 1.50 bits per heavy atom. The van der Waals surface area contributed by atoms with Gasteiger partial charge in [0.2, 0.25) is 0 Å². The van der Waals surface area contributed by atoms with Crippen LogP contribution >= 0.6 is 27.3 Å². The zero-order valence-corrected chi connectivity index (χ0v) is 12.8. The number of aromatic nitrogens is 2. The summed E-state index contributed by atoms with van der Waals surface area (Å²) in [5.74, 6) is 0.322. The fourth-order valence-electron chi connectivity index (χ4n) is 1.44. The van der Waals surface area contributed by atoms with Crippen LogP contribution in [0.5, 0.6) is 0 Å². The number of thiophene rings is 1. The quantitative estimate of drug-likeness (QED) is 0.871. The molecule has 2 heterocycles. The maximum atomic E-state index is 12.0. The normalized spacial score (nSPS) is 11.7. The summed E-state index contributed by atoms with van der Waals surface area (Å²) in [6.45, 7) is 2.05. The average Bonchev–Trinajstić information content (AvgIpc) is 2.88. The molecule has 0 aliphatic rings. The van der Waals surface area contributed by atoms with Crippen LogP contribution in [0.4, 0.5) is 5.82 Å². The predicted octanol–water partition coefficient (Wildman–Crippen LogP) is 2.99. The summed E-state index contributed by atoms with van der Waals surface area (Å²) < 4.78 is 27.5. The number of aryl methyl sites for hydroxylation is 1. The van der Waals surface area contributed by atoms with Gasteiger partial charge in [0.05, 0.1) is 3.79 Å². The van der Waals surface area contributed by atoms with E-state index in [1.807, 2.05) is 6.92 Å². The van der Waals surface area contributed by atoms with Gasteiger partial charge in [0.1, 0.15) is 4.21 Å². The van der Waals surface area contributed by atoms with Gasteiger partial charge in [-0.05, 0) is 34.5 Å². The SMILES string of the molecule is CCCc1cc(NS(=O)(=O)c2ccc(Br)s2)n[nH]1. The molecule has 0 unspecified atom stereocenters. The second-order valence-electron chi connectivity index (χ2n) is 3.69. The van der Waals surface area contributed by atoms with Crippen LogP contribution in [0.1, 0.15) is 19.0 Å². The van der Waals surface area contributed by atoms with Gasteiger partial charge in [-0.1, -0.05) is 13.3 Å². The number of rotatable bonds is 5. The molecule has 0 spiro atoms. The molecule has 0 aliphatic carbocycles. The van der Waals surface area contributed by atoms with E-state index in [0.717, 1.165) is 33.7 Å². The summed E-state index contributed by atoms with van der Waals surface area (Å²) in [6, 6.07) is 4.96. The van der Waals surface area contributed by atoms with Gasteiger partial charge in [-0.2, -0.15) is 5.10 Å². The molecule has 0 saturated carbocycles. The third-order valence-electron chi connectivity index (χ3n) is 2.20. The van der Waals surface area contributed by atoms with Crippen LogP contribution in [0.25, 0.3) is 0 Å². The fraction of sp³-hybridized carbons (Fsp3) is 0.300. The highest BCUT2D eigenvalue weighted by atomic mass is 79.9. The van der Waals surface area contributed by atoms with Gasteiger partial charge in [-0.3, -0.25) is 9.82 Å². The molecule has 0 saturated heterocycles. The number of H-pyrrole nitrogens is 1. The van der Waals surface area contributed by atoms with Crippen molar-refractivity contribution in [2.24, 2.45) is 0 Å². The van der Waals surface area contributed by atoms with Crippen molar-refractivity contribution in [2.45, 2.75) is 24.0 Å². The van der Waals surface area contributed by atoms with Crippen molar-refractivity contribution < 1.29 is 8.42 Å². The minimum absolute atomic E-state index is 0.259. The van der Waals surface area contributed by atoms with Crippen molar-refractivity contribution in [3.63, 3.8) is 0 Å². The summed E-state index contributed by atoms with van der Waals surface area (Å²) >= 11 is 4.40. The Labute approximate surface area is 118 Å². The van der Waals surface area contributed by atoms with Crippen LogP contribution in [0.15, 0.2) is 26.2 Å². The molecule has 0 atom stereocenters. The largest absolute Gasteiger partial charge is 0.280 e. The first-order valence-corrected chi connectivity index (χ1v) is 8.43. The molecular weight excluding hydrogens is 338 g/mol. The zero-order chi connectivity index (χ0) is 13.2. The van der Waals surface area contributed by atoms with E-state index in [4.69, 9.17) is 0 Å². The molecule has 0 fully saturated rings. The van der Waals surface area contributed by atoms with E-state index in [1.165, 1.54) is 0 Å².